The second-order valence-electron chi connectivity index (χ2n) is 7.48. The molecule has 2 saturated heterocycles. The maximum atomic E-state index is 13.0. The van der Waals surface area contributed by atoms with Gasteiger partial charge in [0.15, 0.2) is 26.5 Å². The lowest BCUT2D eigenvalue weighted by Crippen LogP contribution is -2.38. The number of thioether (sulfide) groups is 1. The van der Waals surface area contributed by atoms with E-state index in [1.54, 1.807) is 48.4 Å². The van der Waals surface area contributed by atoms with Gasteiger partial charge in [-0.3, -0.25) is 4.79 Å². The Kier molecular flexibility index (Phi) is 5.17. The minimum Gasteiger partial charge on any atom is -0.497 e. The van der Waals surface area contributed by atoms with Crippen LogP contribution in [0.4, 0.5) is 5.69 Å². The van der Waals surface area contributed by atoms with E-state index in [2.05, 4.69) is 4.99 Å². The standard InChI is InChI=1S/C21H20N2O7S2/c1-27-13-4-6-16(28-2)14(8-13)23-15-9-32(25,26)10-19(15)31-21(23)22-20(24)12-3-5-17-18(7-12)30-11-29-17/h3-8,15,19H,9-11H2,1-2H3/t15-,19+/m1/s1. The fourth-order valence-electron chi connectivity index (χ4n) is 4.01. The maximum Gasteiger partial charge on any atom is 0.279 e. The molecule has 0 unspecified atom stereocenters. The molecule has 9 nitrogen and oxygen atoms in total. The van der Waals surface area contributed by atoms with Crippen LogP contribution in [0.2, 0.25) is 0 Å². The van der Waals surface area contributed by atoms with Crippen molar-refractivity contribution >= 4 is 38.4 Å². The van der Waals surface area contributed by atoms with E-state index in [-0.39, 0.29) is 29.6 Å². The molecule has 0 aromatic heterocycles. The fraction of sp³-hybridized carbons (Fsp3) is 0.333. The van der Waals surface area contributed by atoms with E-state index in [4.69, 9.17) is 18.9 Å². The largest absolute Gasteiger partial charge is 0.497 e. The Bertz CT molecular complexity index is 1230. The number of aliphatic imine (C=N–C) groups is 1. The van der Waals surface area contributed by atoms with Crippen LogP contribution in [-0.2, 0) is 9.84 Å². The maximum absolute atomic E-state index is 13.0. The molecule has 1 amide bonds. The Morgan fingerprint density at radius 3 is 2.69 bits per heavy atom. The van der Waals surface area contributed by atoms with Gasteiger partial charge >= 0.3 is 0 Å². The van der Waals surface area contributed by atoms with Gasteiger partial charge in [-0.25, -0.2) is 8.42 Å². The molecule has 3 aliphatic rings. The summed E-state index contributed by atoms with van der Waals surface area (Å²) in [4.78, 5) is 19.2. The number of ether oxygens (including phenoxy) is 4. The van der Waals surface area contributed by atoms with Gasteiger partial charge in [-0.2, -0.15) is 4.99 Å². The summed E-state index contributed by atoms with van der Waals surface area (Å²) in [5.41, 5.74) is 0.950. The van der Waals surface area contributed by atoms with Crippen LogP contribution in [0.25, 0.3) is 0 Å². The summed E-state index contributed by atoms with van der Waals surface area (Å²) in [6, 6.07) is 9.77. The lowest BCUT2D eigenvalue weighted by atomic mass is 10.1. The number of anilines is 1. The predicted octanol–water partition coefficient (Wildman–Crippen LogP) is 2.35. The minimum absolute atomic E-state index is 0.0255. The second-order valence-corrected chi connectivity index (χ2v) is 10.8. The first-order chi connectivity index (χ1) is 15.4. The highest BCUT2D eigenvalue weighted by molar-refractivity contribution is 8.16. The molecule has 0 radical (unpaired) electrons. The number of hydrogen-bond acceptors (Lipinski definition) is 8. The number of sulfone groups is 1. The van der Waals surface area contributed by atoms with Crippen molar-refractivity contribution in [2.75, 3.05) is 37.4 Å². The van der Waals surface area contributed by atoms with Gasteiger partial charge in [0.1, 0.15) is 11.5 Å². The number of fused-ring (bicyclic) bond motifs is 2. The van der Waals surface area contributed by atoms with Gasteiger partial charge in [0.25, 0.3) is 5.91 Å². The molecule has 0 N–H and O–H groups in total. The van der Waals surface area contributed by atoms with Gasteiger partial charge < -0.3 is 23.8 Å². The third-order valence-corrected chi connectivity index (χ3v) is 8.74. The van der Waals surface area contributed by atoms with Crippen LogP contribution < -0.4 is 23.8 Å². The van der Waals surface area contributed by atoms with Crippen LogP contribution in [0.5, 0.6) is 23.0 Å². The van der Waals surface area contributed by atoms with Crippen molar-refractivity contribution in [1.29, 1.82) is 0 Å². The number of amidine groups is 1. The Balaban J connectivity index is 1.56. The molecule has 168 valence electrons. The second kappa shape index (κ2) is 7.89. The van der Waals surface area contributed by atoms with Crippen molar-refractivity contribution in [2.45, 2.75) is 11.3 Å². The van der Waals surface area contributed by atoms with Crippen LogP contribution in [0, 0.1) is 0 Å². The molecule has 0 saturated carbocycles. The van der Waals surface area contributed by atoms with Gasteiger partial charge in [0.2, 0.25) is 6.79 Å². The lowest BCUT2D eigenvalue weighted by molar-refractivity contribution is 0.100. The molecule has 32 heavy (non-hydrogen) atoms. The molecule has 2 atom stereocenters. The summed E-state index contributed by atoms with van der Waals surface area (Å²) in [7, 11) is -0.117. The molecule has 2 aromatic carbocycles. The summed E-state index contributed by atoms with van der Waals surface area (Å²) in [5.74, 6) is 1.72. The highest BCUT2D eigenvalue weighted by Gasteiger charge is 2.50. The monoisotopic (exact) mass is 476 g/mol. The van der Waals surface area contributed by atoms with Crippen LogP contribution in [0.15, 0.2) is 41.4 Å². The fourth-order valence-corrected chi connectivity index (χ4v) is 7.92. The Labute approximate surface area is 189 Å². The van der Waals surface area contributed by atoms with Gasteiger partial charge in [-0.1, -0.05) is 11.8 Å². The first kappa shape index (κ1) is 21.0. The summed E-state index contributed by atoms with van der Waals surface area (Å²) in [5, 5.41) is 0.184. The quantitative estimate of drug-likeness (QED) is 0.658. The van der Waals surface area contributed by atoms with Crippen molar-refractivity contribution in [2.24, 2.45) is 4.99 Å². The van der Waals surface area contributed by atoms with Crippen molar-refractivity contribution in [3.63, 3.8) is 0 Å². The van der Waals surface area contributed by atoms with Gasteiger partial charge in [-0.05, 0) is 30.3 Å². The predicted molar refractivity (Wildman–Crippen MR) is 120 cm³/mol. The topological polar surface area (TPSA) is 104 Å². The Hall–Kier alpha value is -2.92. The SMILES string of the molecule is COc1ccc(OC)c(N2C(=NC(=O)c3ccc4c(c3)OCO4)S[C@H]3CS(=O)(=O)C[C@H]32)c1. The Morgan fingerprint density at radius 2 is 1.91 bits per heavy atom. The Morgan fingerprint density at radius 1 is 1.09 bits per heavy atom. The van der Waals surface area contributed by atoms with Gasteiger partial charge in [0.05, 0.1) is 37.5 Å². The summed E-state index contributed by atoms with van der Waals surface area (Å²) in [6.07, 6.45) is 0. The minimum atomic E-state index is -3.20. The molecule has 2 fully saturated rings. The molecule has 0 bridgehead atoms. The zero-order valence-corrected chi connectivity index (χ0v) is 18.9. The highest BCUT2D eigenvalue weighted by atomic mass is 32.2. The molecule has 0 spiro atoms. The van der Waals surface area contributed by atoms with E-state index in [0.717, 1.165) is 0 Å². The van der Waals surface area contributed by atoms with Crippen molar-refractivity contribution in [3.8, 4) is 23.0 Å². The van der Waals surface area contributed by atoms with Gasteiger partial charge in [-0.15, -0.1) is 0 Å². The number of carbonyl (C=O) groups excluding carboxylic acids is 1. The number of carbonyl (C=O) groups is 1. The molecule has 2 aromatic rings. The third kappa shape index (κ3) is 3.65. The van der Waals surface area contributed by atoms with Crippen LogP contribution in [0.3, 0.4) is 0 Å². The van der Waals surface area contributed by atoms with E-state index in [0.29, 0.717) is 39.4 Å². The van der Waals surface area contributed by atoms with Crippen LogP contribution in [0.1, 0.15) is 10.4 Å². The van der Waals surface area contributed by atoms with Crippen molar-refractivity contribution in [1.82, 2.24) is 0 Å². The number of nitrogens with zero attached hydrogens (tertiary/aromatic N) is 2. The van der Waals surface area contributed by atoms with Crippen LogP contribution >= 0.6 is 11.8 Å². The third-order valence-electron chi connectivity index (χ3n) is 5.53. The first-order valence-corrected chi connectivity index (χ1v) is 12.5. The zero-order valence-electron chi connectivity index (χ0n) is 17.3. The normalized spacial score (nSPS) is 23.9. The molecule has 3 heterocycles. The number of benzene rings is 2. The number of hydrogen-bond donors (Lipinski definition) is 0. The number of amides is 1. The van der Waals surface area contributed by atoms with Crippen molar-refractivity contribution in [3.05, 3.63) is 42.0 Å². The molecule has 0 aliphatic carbocycles. The molecule has 3 aliphatic heterocycles. The summed E-state index contributed by atoms with van der Waals surface area (Å²) < 4.78 is 46.2. The number of rotatable bonds is 4. The first-order valence-electron chi connectivity index (χ1n) is 9.79. The van der Waals surface area contributed by atoms with E-state index in [9.17, 15) is 13.2 Å². The van der Waals surface area contributed by atoms with Gasteiger partial charge in [0, 0.05) is 16.9 Å². The summed E-state index contributed by atoms with van der Waals surface area (Å²) >= 11 is 1.29. The van der Waals surface area contributed by atoms with E-state index >= 15 is 0 Å². The average Bonchev–Trinajstić information content (AvgIpc) is 3.44. The van der Waals surface area contributed by atoms with Crippen LogP contribution in [-0.4, -0.2) is 63.3 Å². The lowest BCUT2D eigenvalue weighted by Gasteiger charge is -2.26. The molecule has 11 heteroatoms. The highest BCUT2D eigenvalue weighted by Crippen LogP contribution is 2.45. The summed E-state index contributed by atoms with van der Waals surface area (Å²) in [6.45, 7) is 0.110. The van der Waals surface area contributed by atoms with E-state index in [1.807, 2.05) is 0 Å². The number of methoxy groups -OCH3 is 2. The molecular weight excluding hydrogens is 456 g/mol. The average molecular weight is 477 g/mol. The molecule has 5 rings (SSSR count). The van der Waals surface area contributed by atoms with E-state index < -0.39 is 15.7 Å². The van der Waals surface area contributed by atoms with E-state index in [1.165, 1.54) is 18.9 Å². The smallest absolute Gasteiger partial charge is 0.279 e. The molecular formula is C21H20N2O7S2. The zero-order chi connectivity index (χ0) is 22.5. The van der Waals surface area contributed by atoms with Crippen molar-refractivity contribution < 1.29 is 32.2 Å².